The van der Waals surface area contributed by atoms with E-state index in [-0.39, 0.29) is 6.61 Å². The Morgan fingerprint density at radius 2 is 1.80 bits per heavy atom. The van der Waals surface area contributed by atoms with E-state index in [2.05, 4.69) is 24.8 Å². The summed E-state index contributed by atoms with van der Waals surface area (Å²) in [5, 5.41) is 5.18. The van der Waals surface area contributed by atoms with Crippen molar-refractivity contribution in [1.29, 1.82) is 0 Å². The smallest absolute Gasteiger partial charge is 0.333 e. The molecule has 0 aliphatic rings. The van der Waals surface area contributed by atoms with Crippen LogP contribution in [0.2, 0.25) is 5.02 Å². The summed E-state index contributed by atoms with van der Waals surface area (Å²) in [4.78, 5) is 11.4. The number of esters is 1. The highest BCUT2D eigenvalue weighted by Gasteiger charge is 2.09. The molecule has 128 valence electrons. The average Bonchev–Trinajstić information content (AvgIpc) is 2.60. The Balaban J connectivity index is 1.82. The first-order valence-electron chi connectivity index (χ1n) is 8.06. The van der Waals surface area contributed by atoms with Crippen molar-refractivity contribution in [3.8, 4) is 0 Å². The second kappa shape index (κ2) is 7.68. The van der Waals surface area contributed by atoms with Crippen molar-refractivity contribution in [2.75, 3.05) is 13.2 Å². The van der Waals surface area contributed by atoms with Gasteiger partial charge in [0.1, 0.15) is 6.61 Å². The maximum atomic E-state index is 11.4. The molecule has 0 saturated heterocycles. The third-order valence-electron chi connectivity index (χ3n) is 3.99. The average molecular weight is 355 g/mol. The molecular formula is C21H19ClO3. The van der Waals surface area contributed by atoms with Crippen molar-refractivity contribution < 1.29 is 14.3 Å². The van der Waals surface area contributed by atoms with Crippen LogP contribution in [0.15, 0.2) is 60.7 Å². The first-order valence-corrected chi connectivity index (χ1v) is 8.44. The van der Waals surface area contributed by atoms with Gasteiger partial charge in [-0.3, -0.25) is 0 Å². The van der Waals surface area contributed by atoms with E-state index < -0.39 is 5.97 Å². The molecule has 0 aliphatic heterocycles. The van der Waals surface area contributed by atoms with E-state index in [0.717, 1.165) is 27.1 Å². The summed E-state index contributed by atoms with van der Waals surface area (Å²) in [6.07, 6.45) is 0. The van der Waals surface area contributed by atoms with Gasteiger partial charge in [0.2, 0.25) is 0 Å². The van der Waals surface area contributed by atoms with Gasteiger partial charge >= 0.3 is 5.97 Å². The summed E-state index contributed by atoms with van der Waals surface area (Å²) in [5.41, 5.74) is 1.47. The highest BCUT2D eigenvalue weighted by molar-refractivity contribution is 6.31. The van der Waals surface area contributed by atoms with E-state index in [9.17, 15) is 4.79 Å². The summed E-state index contributed by atoms with van der Waals surface area (Å²) in [5.74, 6) is -0.397. The summed E-state index contributed by atoms with van der Waals surface area (Å²) < 4.78 is 10.8. The molecule has 0 spiro atoms. The zero-order valence-electron chi connectivity index (χ0n) is 14.0. The zero-order chi connectivity index (χ0) is 17.8. The van der Waals surface area contributed by atoms with Crippen LogP contribution in [0.1, 0.15) is 12.5 Å². The lowest BCUT2D eigenvalue weighted by Gasteiger charge is -2.13. The van der Waals surface area contributed by atoms with Crippen LogP contribution in [-0.4, -0.2) is 19.2 Å². The number of fused-ring (bicyclic) bond motifs is 2. The Kier molecular flexibility index (Phi) is 5.37. The predicted octanol–water partition coefficient (Wildman–Crippen LogP) is 5.28. The second-order valence-corrected chi connectivity index (χ2v) is 6.35. The van der Waals surface area contributed by atoms with E-state index >= 15 is 0 Å². The molecule has 0 aromatic heterocycles. The van der Waals surface area contributed by atoms with Gasteiger partial charge in [-0.1, -0.05) is 48.5 Å². The molecular weight excluding hydrogens is 336 g/mol. The van der Waals surface area contributed by atoms with Gasteiger partial charge in [0, 0.05) is 10.6 Å². The number of ether oxygens (including phenoxy) is 2. The van der Waals surface area contributed by atoms with E-state index in [1.165, 1.54) is 0 Å². The van der Waals surface area contributed by atoms with Crippen LogP contribution in [0.3, 0.4) is 0 Å². The van der Waals surface area contributed by atoms with Gasteiger partial charge in [-0.05, 0) is 52.2 Å². The van der Waals surface area contributed by atoms with Crippen molar-refractivity contribution in [2.24, 2.45) is 0 Å². The fourth-order valence-corrected chi connectivity index (χ4v) is 2.94. The molecule has 0 atom stereocenters. The van der Waals surface area contributed by atoms with Crippen LogP contribution in [-0.2, 0) is 20.9 Å². The Labute approximate surface area is 151 Å². The lowest BCUT2D eigenvalue weighted by Crippen LogP contribution is -2.11. The number of carbonyl (C=O) groups excluding carboxylic acids is 1. The normalized spacial score (nSPS) is 11.0. The van der Waals surface area contributed by atoms with E-state index in [4.69, 9.17) is 21.1 Å². The predicted molar refractivity (Wildman–Crippen MR) is 102 cm³/mol. The molecule has 25 heavy (non-hydrogen) atoms. The minimum absolute atomic E-state index is 0.204. The van der Waals surface area contributed by atoms with Gasteiger partial charge in [-0.2, -0.15) is 0 Å². The maximum Gasteiger partial charge on any atom is 0.333 e. The first kappa shape index (κ1) is 17.5. The maximum absolute atomic E-state index is 11.4. The summed E-state index contributed by atoms with van der Waals surface area (Å²) in [7, 11) is 0. The van der Waals surface area contributed by atoms with E-state index in [1.807, 2.05) is 30.3 Å². The van der Waals surface area contributed by atoms with E-state index in [1.54, 1.807) is 6.92 Å². The largest absolute Gasteiger partial charge is 0.460 e. The fourth-order valence-electron chi connectivity index (χ4n) is 2.77. The molecule has 0 aliphatic carbocycles. The lowest BCUT2D eigenvalue weighted by molar-refractivity contribution is -0.140. The quantitative estimate of drug-likeness (QED) is 0.261. The molecule has 3 nitrogen and oxygen atoms in total. The fraction of sp³-hybridized carbons (Fsp3) is 0.190. The van der Waals surface area contributed by atoms with Gasteiger partial charge < -0.3 is 9.47 Å². The minimum atomic E-state index is -0.397. The standard InChI is InChI=1S/C21H19ClO3/c1-14(2)21(23)25-10-9-24-13-20-18-6-4-3-5-15(18)11-16-7-8-17(22)12-19(16)20/h3-8,11-12H,1,9-10,13H2,2H3. The molecule has 0 fully saturated rings. The van der Waals surface area contributed by atoms with Crippen LogP contribution in [0.5, 0.6) is 0 Å². The lowest BCUT2D eigenvalue weighted by atomic mass is 9.97. The van der Waals surface area contributed by atoms with Gasteiger partial charge in [0.05, 0.1) is 13.2 Å². The molecule has 0 heterocycles. The Morgan fingerprint density at radius 1 is 1.04 bits per heavy atom. The number of carbonyl (C=O) groups is 1. The summed E-state index contributed by atoms with van der Waals surface area (Å²) in [6.45, 7) is 6.12. The van der Waals surface area contributed by atoms with Crippen LogP contribution in [0.4, 0.5) is 0 Å². The van der Waals surface area contributed by atoms with Crippen LogP contribution in [0, 0.1) is 0 Å². The Hall–Kier alpha value is -2.36. The topological polar surface area (TPSA) is 35.5 Å². The van der Waals surface area contributed by atoms with Crippen molar-refractivity contribution in [2.45, 2.75) is 13.5 Å². The first-order chi connectivity index (χ1) is 12.1. The Morgan fingerprint density at radius 3 is 2.60 bits per heavy atom. The minimum Gasteiger partial charge on any atom is -0.460 e. The third-order valence-corrected chi connectivity index (χ3v) is 4.23. The van der Waals surface area contributed by atoms with Gasteiger partial charge in [0.15, 0.2) is 0 Å². The van der Waals surface area contributed by atoms with Crippen LogP contribution >= 0.6 is 11.6 Å². The van der Waals surface area contributed by atoms with Crippen LogP contribution in [0.25, 0.3) is 21.5 Å². The molecule has 0 bridgehead atoms. The number of rotatable bonds is 6. The van der Waals surface area contributed by atoms with Gasteiger partial charge in [-0.25, -0.2) is 4.79 Å². The highest BCUT2D eigenvalue weighted by atomic mass is 35.5. The number of benzene rings is 3. The Bertz CT molecular complexity index is 946. The molecule has 4 heteroatoms. The van der Waals surface area contributed by atoms with Crippen molar-refractivity contribution >= 4 is 39.1 Å². The molecule has 0 saturated carbocycles. The highest BCUT2D eigenvalue weighted by Crippen LogP contribution is 2.30. The monoisotopic (exact) mass is 354 g/mol. The molecule has 0 amide bonds. The molecule has 0 unspecified atom stereocenters. The number of halogens is 1. The van der Waals surface area contributed by atoms with Gasteiger partial charge in [-0.15, -0.1) is 0 Å². The second-order valence-electron chi connectivity index (χ2n) is 5.91. The van der Waals surface area contributed by atoms with Crippen molar-refractivity contribution in [3.63, 3.8) is 0 Å². The van der Waals surface area contributed by atoms with Crippen molar-refractivity contribution in [3.05, 3.63) is 71.3 Å². The number of hydrogen-bond acceptors (Lipinski definition) is 3. The molecule has 3 rings (SSSR count). The van der Waals surface area contributed by atoms with Gasteiger partial charge in [0.25, 0.3) is 0 Å². The van der Waals surface area contributed by atoms with Crippen molar-refractivity contribution in [1.82, 2.24) is 0 Å². The molecule has 3 aromatic carbocycles. The van der Waals surface area contributed by atoms with Crippen LogP contribution < -0.4 is 0 Å². The number of hydrogen-bond donors (Lipinski definition) is 0. The zero-order valence-corrected chi connectivity index (χ0v) is 14.8. The summed E-state index contributed by atoms with van der Waals surface area (Å²) >= 11 is 6.18. The molecule has 3 aromatic rings. The third kappa shape index (κ3) is 4.01. The SMILES string of the molecule is C=C(C)C(=O)OCCOCc1c2ccccc2cc2ccc(Cl)cc12. The summed E-state index contributed by atoms with van der Waals surface area (Å²) in [6, 6.07) is 16.2. The van der Waals surface area contributed by atoms with E-state index in [0.29, 0.717) is 23.8 Å². The molecule has 0 N–H and O–H groups in total. The molecule has 0 radical (unpaired) electrons.